The molecule has 0 aliphatic carbocycles. The molecule has 4 rings (SSSR count). The second kappa shape index (κ2) is 6.23. The minimum Gasteiger partial charge on any atom is -0.358 e. The molecule has 1 atom stereocenters. The highest BCUT2D eigenvalue weighted by molar-refractivity contribution is 7.15. The third kappa shape index (κ3) is 2.60. The molecule has 10 heteroatoms. The van der Waals surface area contributed by atoms with E-state index in [1.165, 1.54) is 22.1 Å². The molecule has 0 spiro atoms. The Bertz CT molecular complexity index is 1050. The van der Waals surface area contributed by atoms with Gasteiger partial charge in [0.15, 0.2) is 0 Å². The number of thiazole rings is 1. The van der Waals surface area contributed by atoms with Crippen molar-refractivity contribution in [2.24, 2.45) is 0 Å². The van der Waals surface area contributed by atoms with E-state index in [0.717, 1.165) is 11.3 Å². The number of hydrogen-bond acceptors (Lipinski definition) is 7. The predicted molar refractivity (Wildman–Crippen MR) is 97.9 cm³/mol. The van der Waals surface area contributed by atoms with Gasteiger partial charge in [-0.15, -0.1) is 0 Å². The van der Waals surface area contributed by atoms with Crippen molar-refractivity contribution in [2.45, 2.75) is 13.0 Å². The molecule has 0 fully saturated rings. The minimum atomic E-state index is -0.390. The lowest BCUT2D eigenvalue weighted by Crippen LogP contribution is -2.23. The van der Waals surface area contributed by atoms with Gasteiger partial charge in [0.1, 0.15) is 18.9 Å². The fourth-order valence-electron chi connectivity index (χ4n) is 2.82. The van der Waals surface area contributed by atoms with Gasteiger partial charge in [0, 0.05) is 12.4 Å². The summed E-state index contributed by atoms with van der Waals surface area (Å²) in [6, 6.07) is 7.73. The summed E-state index contributed by atoms with van der Waals surface area (Å²) in [4.78, 5) is 22.0. The van der Waals surface area contributed by atoms with Crippen LogP contribution in [0.15, 0.2) is 48.5 Å². The van der Waals surface area contributed by atoms with Crippen LogP contribution in [0.5, 0.6) is 0 Å². The Morgan fingerprint density at radius 2 is 2.08 bits per heavy atom. The van der Waals surface area contributed by atoms with E-state index in [-0.39, 0.29) is 16.8 Å². The van der Waals surface area contributed by atoms with Crippen molar-refractivity contribution in [3.63, 3.8) is 0 Å². The van der Waals surface area contributed by atoms with Crippen molar-refractivity contribution in [3.05, 3.63) is 64.2 Å². The van der Waals surface area contributed by atoms with E-state index in [2.05, 4.69) is 15.1 Å². The molecule has 9 nitrogen and oxygen atoms in total. The highest BCUT2D eigenvalue weighted by Crippen LogP contribution is 2.34. The van der Waals surface area contributed by atoms with Crippen LogP contribution in [0, 0.1) is 10.1 Å². The standard InChI is InChI=1S/C16H15N7O2S/c1-11(12-3-5-13(6-4-12)22-10-17-9-18-22)20(2)14-15(23(24)25)21-7-8-26-16(21)19-14/h3-11H,1-2H3. The molecule has 4 aromatic rings. The number of imidazole rings is 1. The van der Waals surface area contributed by atoms with Crippen LogP contribution in [0.4, 0.5) is 11.6 Å². The van der Waals surface area contributed by atoms with Crippen molar-refractivity contribution in [1.29, 1.82) is 0 Å². The number of aromatic nitrogens is 5. The van der Waals surface area contributed by atoms with Gasteiger partial charge in [0.05, 0.1) is 11.7 Å². The third-order valence-corrected chi connectivity index (χ3v) is 5.12. The highest BCUT2D eigenvalue weighted by Gasteiger charge is 2.28. The molecule has 0 saturated carbocycles. The van der Waals surface area contributed by atoms with Gasteiger partial charge < -0.3 is 15.0 Å². The van der Waals surface area contributed by atoms with E-state index < -0.39 is 0 Å². The van der Waals surface area contributed by atoms with Crippen molar-refractivity contribution in [2.75, 3.05) is 11.9 Å². The van der Waals surface area contributed by atoms with E-state index in [9.17, 15) is 10.1 Å². The first-order valence-electron chi connectivity index (χ1n) is 7.84. The van der Waals surface area contributed by atoms with Gasteiger partial charge in [-0.05, 0) is 29.5 Å². The molecular weight excluding hydrogens is 354 g/mol. The molecule has 1 aromatic carbocycles. The van der Waals surface area contributed by atoms with E-state index in [4.69, 9.17) is 0 Å². The number of anilines is 1. The van der Waals surface area contributed by atoms with E-state index in [1.54, 1.807) is 22.6 Å². The number of nitrogens with zero attached hydrogens (tertiary/aromatic N) is 7. The lowest BCUT2D eigenvalue weighted by Gasteiger charge is -2.24. The number of rotatable bonds is 5. The fourth-order valence-corrected chi connectivity index (χ4v) is 3.53. The first-order valence-corrected chi connectivity index (χ1v) is 8.72. The van der Waals surface area contributed by atoms with E-state index in [1.807, 2.05) is 43.1 Å². The van der Waals surface area contributed by atoms with Gasteiger partial charge in [-0.3, -0.25) is 0 Å². The Kier molecular flexibility index (Phi) is 3.88. The summed E-state index contributed by atoms with van der Waals surface area (Å²) < 4.78 is 3.18. The van der Waals surface area contributed by atoms with Crippen molar-refractivity contribution >= 4 is 27.9 Å². The van der Waals surface area contributed by atoms with Crippen LogP contribution in [0.2, 0.25) is 0 Å². The Morgan fingerprint density at radius 3 is 2.73 bits per heavy atom. The molecule has 0 saturated heterocycles. The normalized spacial score (nSPS) is 12.4. The van der Waals surface area contributed by atoms with E-state index >= 15 is 0 Å². The Labute approximate surface area is 152 Å². The first kappa shape index (κ1) is 16.2. The molecule has 0 N–H and O–H groups in total. The number of benzene rings is 1. The first-order chi connectivity index (χ1) is 12.6. The Morgan fingerprint density at radius 1 is 1.31 bits per heavy atom. The van der Waals surface area contributed by atoms with Gasteiger partial charge in [-0.1, -0.05) is 23.5 Å². The molecule has 132 valence electrons. The predicted octanol–water partition coefficient (Wildman–Crippen LogP) is 3.08. The van der Waals surface area contributed by atoms with Crippen molar-refractivity contribution in [1.82, 2.24) is 24.1 Å². The zero-order chi connectivity index (χ0) is 18.3. The fraction of sp³-hybridized carbons (Fsp3) is 0.188. The van der Waals surface area contributed by atoms with Crippen LogP contribution in [0.3, 0.4) is 0 Å². The maximum Gasteiger partial charge on any atom is 0.373 e. The number of hydrogen-bond donors (Lipinski definition) is 0. The molecule has 3 aromatic heterocycles. The summed E-state index contributed by atoms with van der Waals surface area (Å²) in [6.07, 6.45) is 4.78. The largest absolute Gasteiger partial charge is 0.373 e. The maximum atomic E-state index is 11.5. The maximum absolute atomic E-state index is 11.5. The van der Waals surface area contributed by atoms with Crippen LogP contribution in [-0.2, 0) is 0 Å². The lowest BCUT2D eigenvalue weighted by molar-refractivity contribution is -0.389. The van der Waals surface area contributed by atoms with Crippen molar-refractivity contribution < 1.29 is 4.92 Å². The van der Waals surface area contributed by atoms with Gasteiger partial charge >= 0.3 is 5.82 Å². The van der Waals surface area contributed by atoms with E-state index in [0.29, 0.717) is 10.8 Å². The monoisotopic (exact) mass is 369 g/mol. The molecular formula is C16H15N7O2S. The molecule has 0 aliphatic rings. The van der Waals surface area contributed by atoms with Gasteiger partial charge in [0.2, 0.25) is 5.82 Å². The molecule has 0 bridgehead atoms. The average molecular weight is 369 g/mol. The molecule has 26 heavy (non-hydrogen) atoms. The van der Waals surface area contributed by atoms with Gasteiger partial charge in [-0.2, -0.15) is 14.5 Å². The quantitative estimate of drug-likeness (QED) is 0.396. The summed E-state index contributed by atoms with van der Waals surface area (Å²) in [7, 11) is 1.81. The summed E-state index contributed by atoms with van der Waals surface area (Å²) >= 11 is 1.37. The van der Waals surface area contributed by atoms with Gasteiger partial charge in [0.25, 0.3) is 4.96 Å². The van der Waals surface area contributed by atoms with Crippen molar-refractivity contribution in [3.8, 4) is 5.69 Å². The lowest BCUT2D eigenvalue weighted by atomic mass is 10.1. The number of fused-ring (bicyclic) bond motifs is 1. The smallest absolute Gasteiger partial charge is 0.358 e. The molecule has 0 radical (unpaired) electrons. The Hall–Kier alpha value is -3.27. The topological polar surface area (TPSA) is 94.4 Å². The molecule has 3 heterocycles. The summed E-state index contributed by atoms with van der Waals surface area (Å²) in [5.74, 6) is 0.338. The highest BCUT2D eigenvalue weighted by atomic mass is 32.1. The average Bonchev–Trinajstić information content (AvgIpc) is 3.36. The number of nitro groups is 1. The van der Waals surface area contributed by atoms with Crippen LogP contribution in [0.25, 0.3) is 10.6 Å². The zero-order valence-corrected chi connectivity index (χ0v) is 14.9. The summed E-state index contributed by atoms with van der Waals surface area (Å²) in [5, 5.41) is 17.4. The second-order valence-electron chi connectivity index (χ2n) is 5.79. The third-order valence-electron chi connectivity index (χ3n) is 4.37. The second-order valence-corrected chi connectivity index (χ2v) is 6.66. The summed E-state index contributed by atoms with van der Waals surface area (Å²) in [6.45, 7) is 1.99. The molecule has 0 amide bonds. The van der Waals surface area contributed by atoms with Crippen LogP contribution >= 0.6 is 11.3 Å². The summed E-state index contributed by atoms with van der Waals surface area (Å²) in [5.41, 5.74) is 1.91. The van der Waals surface area contributed by atoms with Gasteiger partial charge in [-0.25, -0.2) is 9.67 Å². The van der Waals surface area contributed by atoms with Crippen LogP contribution < -0.4 is 4.90 Å². The zero-order valence-electron chi connectivity index (χ0n) is 14.1. The molecule has 1 unspecified atom stereocenters. The SMILES string of the molecule is CC(c1ccc(-n2cncn2)cc1)N(C)c1nc2sccn2c1[N+](=O)[O-]. The minimum absolute atomic E-state index is 0.0187. The van der Waals surface area contributed by atoms with Crippen LogP contribution in [-0.4, -0.2) is 36.1 Å². The molecule has 0 aliphatic heterocycles. The Balaban J connectivity index is 1.66. The van der Waals surface area contributed by atoms with Crippen LogP contribution in [0.1, 0.15) is 18.5 Å².